The van der Waals surface area contributed by atoms with Gasteiger partial charge in [0.1, 0.15) is 6.10 Å². The van der Waals surface area contributed by atoms with Crippen molar-refractivity contribution in [3.63, 3.8) is 0 Å². The smallest absolute Gasteiger partial charge is 0.332 e. The van der Waals surface area contributed by atoms with Crippen LogP contribution < -0.4 is 5.32 Å². The molecule has 2 rings (SSSR count). The standard InChI is InChI=1S/C12H10BrCl2NO4/c13-5-1-2-6(10(15)9(5)14)16-11(17)7-3-4-8(20-7)12(18)19/h1-2,7-8H,3-4H2,(H,16,17)(H,18,19). The van der Waals surface area contributed by atoms with Gasteiger partial charge in [0.25, 0.3) is 5.91 Å². The van der Waals surface area contributed by atoms with Gasteiger partial charge in [0.05, 0.1) is 15.7 Å². The largest absolute Gasteiger partial charge is 0.479 e. The number of carboxylic acids is 1. The summed E-state index contributed by atoms with van der Waals surface area (Å²) in [6.45, 7) is 0. The van der Waals surface area contributed by atoms with Gasteiger partial charge in [0, 0.05) is 4.47 Å². The van der Waals surface area contributed by atoms with Gasteiger partial charge in [-0.05, 0) is 40.9 Å². The molecular weight excluding hydrogens is 373 g/mol. The fourth-order valence-electron chi connectivity index (χ4n) is 1.85. The van der Waals surface area contributed by atoms with Gasteiger partial charge in [0.2, 0.25) is 0 Å². The molecule has 1 aromatic rings. The maximum Gasteiger partial charge on any atom is 0.332 e. The highest BCUT2D eigenvalue weighted by molar-refractivity contribution is 9.10. The summed E-state index contributed by atoms with van der Waals surface area (Å²) in [5, 5.41) is 11.9. The zero-order chi connectivity index (χ0) is 14.9. The second-order valence-electron chi connectivity index (χ2n) is 4.24. The lowest BCUT2D eigenvalue weighted by molar-refractivity contribution is -0.150. The molecule has 2 atom stereocenters. The van der Waals surface area contributed by atoms with Crippen LogP contribution in [0.4, 0.5) is 5.69 Å². The van der Waals surface area contributed by atoms with E-state index in [9.17, 15) is 9.59 Å². The molecular formula is C12H10BrCl2NO4. The lowest BCUT2D eigenvalue weighted by Crippen LogP contribution is -2.30. The molecule has 1 aliphatic heterocycles. The van der Waals surface area contributed by atoms with Crippen LogP contribution in [-0.4, -0.2) is 29.2 Å². The van der Waals surface area contributed by atoms with Gasteiger partial charge in [-0.1, -0.05) is 23.2 Å². The van der Waals surface area contributed by atoms with Crippen molar-refractivity contribution >= 4 is 56.7 Å². The van der Waals surface area contributed by atoms with Crippen LogP contribution in [0.15, 0.2) is 16.6 Å². The van der Waals surface area contributed by atoms with Crippen molar-refractivity contribution in [2.24, 2.45) is 0 Å². The number of ether oxygens (including phenoxy) is 1. The summed E-state index contributed by atoms with van der Waals surface area (Å²) in [4.78, 5) is 22.8. The monoisotopic (exact) mass is 381 g/mol. The molecule has 1 aliphatic rings. The van der Waals surface area contributed by atoms with Gasteiger partial charge in [-0.3, -0.25) is 4.79 Å². The first-order valence-electron chi connectivity index (χ1n) is 5.72. The van der Waals surface area contributed by atoms with Crippen LogP contribution in [0, 0.1) is 0 Å². The second kappa shape index (κ2) is 6.30. The molecule has 2 N–H and O–H groups in total. The molecule has 108 valence electrons. The third kappa shape index (κ3) is 3.25. The van der Waals surface area contributed by atoms with Crippen LogP contribution in [0.2, 0.25) is 10.0 Å². The molecule has 1 aromatic carbocycles. The Bertz CT molecular complexity index is 567. The number of aliphatic carboxylic acids is 1. The van der Waals surface area contributed by atoms with Crippen LogP contribution in [0.3, 0.4) is 0 Å². The number of rotatable bonds is 3. The second-order valence-corrected chi connectivity index (χ2v) is 5.85. The number of benzene rings is 1. The Morgan fingerprint density at radius 2 is 1.90 bits per heavy atom. The number of carbonyl (C=O) groups is 2. The molecule has 0 aliphatic carbocycles. The molecule has 20 heavy (non-hydrogen) atoms. The molecule has 1 amide bonds. The van der Waals surface area contributed by atoms with Crippen molar-refractivity contribution < 1.29 is 19.4 Å². The predicted molar refractivity (Wildman–Crippen MR) is 78.3 cm³/mol. The predicted octanol–water partition coefficient (Wildman–Crippen LogP) is 3.33. The minimum Gasteiger partial charge on any atom is -0.479 e. The Balaban J connectivity index is 2.06. The van der Waals surface area contributed by atoms with E-state index in [1.807, 2.05) is 0 Å². The van der Waals surface area contributed by atoms with Crippen LogP contribution in [-0.2, 0) is 14.3 Å². The van der Waals surface area contributed by atoms with E-state index in [1.54, 1.807) is 12.1 Å². The van der Waals surface area contributed by atoms with Crippen molar-refractivity contribution in [3.8, 4) is 0 Å². The average Bonchev–Trinajstić information content (AvgIpc) is 2.89. The Labute approximate surface area is 133 Å². The highest BCUT2D eigenvalue weighted by atomic mass is 79.9. The molecule has 0 aromatic heterocycles. The van der Waals surface area contributed by atoms with Crippen molar-refractivity contribution in [1.29, 1.82) is 0 Å². The van der Waals surface area contributed by atoms with E-state index in [4.69, 9.17) is 33.0 Å². The number of anilines is 1. The molecule has 2 unspecified atom stereocenters. The van der Waals surface area contributed by atoms with Crippen molar-refractivity contribution in [1.82, 2.24) is 0 Å². The van der Waals surface area contributed by atoms with Gasteiger partial charge in [-0.15, -0.1) is 0 Å². The Morgan fingerprint density at radius 1 is 1.25 bits per heavy atom. The number of carbonyl (C=O) groups excluding carboxylic acids is 1. The fraction of sp³-hybridized carbons (Fsp3) is 0.333. The van der Waals surface area contributed by atoms with Gasteiger partial charge in [-0.2, -0.15) is 0 Å². The molecule has 0 spiro atoms. The molecule has 8 heteroatoms. The third-order valence-corrected chi connectivity index (χ3v) is 4.65. The van der Waals surface area contributed by atoms with E-state index in [2.05, 4.69) is 21.2 Å². The molecule has 5 nitrogen and oxygen atoms in total. The first-order valence-corrected chi connectivity index (χ1v) is 7.27. The van der Waals surface area contributed by atoms with E-state index < -0.39 is 24.1 Å². The van der Waals surface area contributed by atoms with Crippen molar-refractivity contribution in [3.05, 3.63) is 26.7 Å². The summed E-state index contributed by atoms with van der Waals surface area (Å²) in [6.07, 6.45) is -1.07. The number of hydrogen-bond acceptors (Lipinski definition) is 3. The first-order chi connectivity index (χ1) is 9.40. The molecule has 1 heterocycles. The lowest BCUT2D eigenvalue weighted by atomic mass is 10.2. The summed E-state index contributed by atoms with van der Waals surface area (Å²) in [7, 11) is 0. The minimum absolute atomic E-state index is 0.210. The van der Waals surface area contributed by atoms with Gasteiger partial charge < -0.3 is 15.2 Å². The number of amides is 1. The third-order valence-electron chi connectivity index (χ3n) is 2.88. The van der Waals surface area contributed by atoms with Crippen molar-refractivity contribution in [2.45, 2.75) is 25.0 Å². The average molecular weight is 383 g/mol. The first kappa shape index (κ1) is 15.6. The highest BCUT2D eigenvalue weighted by Crippen LogP contribution is 2.36. The van der Waals surface area contributed by atoms with Gasteiger partial charge in [0.15, 0.2) is 6.10 Å². The van der Waals surface area contributed by atoms with E-state index in [-0.39, 0.29) is 5.02 Å². The zero-order valence-corrected chi connectivity index (χ0v) is 13.1. The van der Waals surface area contributed by atoms with E-state index >= 15 is 0 Å². The van der Waals surface area contributed by atoms with Gasteiger partial charge >= 0.3 is 5.97 Å². The van der Waals surface area contributed by atoms with Crippen molar-refractivity contribution in [2.75, 3.05) is 5.32 Å². The maximum atomic E-state index is 12.0. The fourth-order valence-corrected chi connectivity index (χ4v) is 2.67. The quantitative estimate of drug-likeness (QED) is 0.786. The topological polar surface area (TPSA) is 75.6 Å². The molecule has 0 bridgehead atoms. The lowest BCUT2D eigenvalue weighted by Gasteiger charge is -2.13. The van der Waals surface area contributed by atoms with Crippen LogP contribution >= 0.6 is 39.1 Å². The highest BCUT2D eigenvalue weighted by Gasteiger charge is 2.34. The number of halogens is 3. The van der Waals surface area contributed by atoms with Crippen LogP contribution in [0.5, 0.6) is 0 Å². The number of hydrogen-bond donors (Lipinski definition) is 2. The molecule has 1 saturated heterocycles. The minimum atomic E-state index is -1.06. The van der Waals surface area contributed by atoms with Gasteiger partial charge in [-0.25, -0.2) is 4.79 Å². The van der Waals surface area contributed by atoms with E-state index in [1.165, 1.54) is 0 Å². The Hall–Kier alpha value is -0.820. The Kier molecular flexibility index (Phi) is 4.90. The Morgan fingerprint density at radius 3 is 2.50 bits per heavy atom. The summed E-state index contributed by atoms with van der Waals surface area (Å²) >= 11 is 15.2. The SMILES string of the molecule is O=C(O)C1CCC(C(=O)Nc2ccc(Br)c(Cl)c2Cl)O1. The van der Waals surface area contributed by atoms with E-state index in [0.29, 0.717) is 28.0 Å². The number of carboxylic acid groups (broad SMARTS) is 1. The van der Waals surface area contributed by atoms with Crippen LogP contribution in [0.1, 0.15) is 12.8 Å². The maximum absolute atomic E-state index is 12.0. The molecule has 0 radical (unpaired) electrons. The summed E-state index contributed by atoms with van der Waals surface area (Å²) in [6, 6.07) is 3.25. The summed E-state index contributed by atoms with van der Waals surface area (Å²) in [5.74, 6) is -1.50. The molecule has 0 saturated carbocycles. The number of nitrogens with one attached hydrogen (secondary N) is 1. The summed E-state index contributed by atoms with van der Waals surface area (Å²) < 4.78 is 5.77. The molecule has 1 fully saturated rings. The van der Waals surface area contributed by atoms with Crippen LogP contribution in [0.25, 0.3) is 0 Å². The normalized spacial score (nSPS) is 21.8. The zero-order valence-electron chi connectivity index (χ0n) is 10.0. The van der Waals surface area contributed by atoms with E-state index in [0.717, 1.165) is 0 Å². The summed E-state index contributed by atoms with van der Waals surface area (Å²) in [5.41, 5.74) is 0.354.